The Morgan fingerprint density at radius 3 is 2.68 bits per heavy atom. The summed E-state index contributed by atoms with van der Waals surface area (Å²) in [6.45, 7) is 9.61. The van der Waals surface area contributed by atoms with Gasteiger partial charge >= 0.3 is 0 Å². The van der Waals surface area contributed by atoms with E-state index in [0.717, 1.165) is 25.8 Å². The molecule has 3 nitrogen and oxygen atoms in total. The van der Waals surface area contributed by atoms with Crippen molar-refractivity contribution in [3.05, 3.63) is 46.5 Å². The van der Waals surface area contributed by atoms with E-state index in [1.807, 2.05) is 0 Å². The molecule has 0 aromatic heterocycles. The second-order valence-electron chi connectivity index (χ2n) is 8.31. The highest BCUT2D eigenvalue weighted by Gasteiger charge is 2.62. The molecule has 3 unspecified atom stereocenters. The van der Waals surface area contributed by atoms with Crippen LogP contribution in [0.15, 0.2) is 35.4 Å². The number of aryl methyl sites for hydroxylation is 1. The van der Waals surface area contributed by atoms with E-state index in [0.29, 0.717) is 12.6 Å². The van der Waals surface area contributed by atoms with Crippen molar-refractivity contribution in [2.75, 3.05) is 13.1 Å². The number of ketones is 1. The van der Waals surface area contributed by atoms with Gasteiger partial charge in [0.1, 0.15) is 5.60 Å². The fraction of sp³-hybridized carbons (Fsp3) is 0.591. The molecule has 0 saturated carbocycles. The highest BCUT2D eigenvalue weighted by atomic mass is 16.3. The first-order chi connectivity index (χ1) is 11.9. The van der Waals surface area contributed by atoms with Crippen LogP contribution in [0, 0.1) is 12.8 Å². The van der Waals surface area contributed by atoms with E-state index < -0.39 is 5.60 Å². The summed E-state index contributed by atoms with van der Waals surface area (Å²) in [5, 5.41) is 11.2. The van der Waals surface area contributed by atoms with E-state index >= 15 is 0 Å². The fourth-order valence-corrected chi connectivity index (χ4v) is 6.28. The van der Waals surface area contributed by atoms with Crippen LogP contribution in [-0.4, -0.2) is 40.5 Å². The van der Waals surface area contributed by atoms with Crippen molar-refractivity contribution in [3.63, 3.8) is 0 Å². The first-order valence-electron chi connectivity index (χ1n) is 9.60. The molecule has 1 N–H and O–H groups in total. The molecule has 2 fully saturated rings. The van der Waals surface area contributed by atoms with Gasteiger partial charge in [-0.15, -0.1) is 0 Å². The third-order valence-corrected chi connectivity index (χ3v) is 7.41. The topological polar surface area (TPSA) is 40.5 Å². The predicted octanol–water partition coefficient (Wildman–Crippen LogP) is 3.39. The largest absolute Gasteiger partial charge is 0.380 e. The van der Waals surface area contributed by atoms with E-state index in [9.17, 15) is 9.90 Å². The standard InChI is InChI=1S/C22H29NO2/c1-5-17-15(3)19-12-20-21(17,18-9-7-6-8-14(18)2)10-11-23(20)13-22(19,25)16(4)24/h6-9,19-20,25H,5,10-13H2,1-4H3/t19?,20?,21?,22-/m1/s1. The van der Waals surface area contributed by atoms with Crippen molar-refractivity contribution in [2.24, 2.45) is 5.92 Å². The molecular weight excluding hydrogens is 310 g/mol. The Morgan fingerprint density at radius 2 is 2.04 bits per heavy atom. The Kier molecular flexibility index (Phi) is 3.75. The van der Waals surface area contributed by atoms with Crippen LogP contribution in [0.2, 0.25) is 0 Å². The summed E-state index contributed by atoms with van der Waals surface area (Å²) in [6, 6.07) is 9.19. The number of carbonyl (C=O) groups is 1. The molecule has 2 heterocycles. The van der Waals surface area contributed by atoms with Gasteiger partial charge in [-0.1, -0.05) is 42.3 Å². The molecule has 0 amide bonds. The molecule has 1 aliphatic carbocycles. The minimum absolute atomic E-state index is 0.0311. The van der Waals surface area contributed by atoms with Crippen molar-refractivity contribution < 1.29 is 9.90 Å². The number of benzene rings is 1. The molecule has 4 rings (SSSR count). The molecule has 2 saturated heterocycles. The lowest BCUT2D eigenvalue weighted by atomic mass is 9.55. The molecule has 3 aliphatic rings. The van der Waals surface area contributed by atoms with Crippen molar-refractivity contribution in [3.8, 4) is 0 Å². The van der Waals surface area contributed by atoms with Gasteiger partial charge in [-0.25, -0.2) is 0 Å². The number of nitrogens with zero attached hydrogens (tertiary/aromatic N) is 1. The Morgan fingerprint density at radius 1 is 1.32 bits per heavy atom. The molecule has 2 aliphatic heterocycles. The third kappa shape index (κ3) is 2.03. The first-order valence-corrected chi connectivity index (χ1v) is 9.60. The zero-order valence-corrected chi connectivity index (χ0v) is 15.8. The third-order valence-electron chi connectivity index (χ3n) is 7.41. The smallest absolute Gasteiger partial charge is 0.163 e. The molecule has 0 radical (unpaired) electrons. The normalized spacial score (nSPS) is 37.5. The Balaban J connectivity index is 1.97. The summed E-state index contributed by atoms with van der Waals surface area (Å²) in [6.07, 6.45) is 2.96. The number of aliphatic hydroxyl groups is 1. The van der Waals surface area contributed by atoms with Crippen LogP contribution in [0.3, 0.4) is 0 Å². The Hall–Kier alpha value is -1.45. The molecule has 2 bridgehead atoms. The van der Waals surface area contributed by atoms with E-state index in [1.54, 1.807) is 6.92 Å². The zero-order valence-electron chi connectivity index (χ0n) is 15.8. The highest BCUT2D eigenvalue weighted by Crippen LogP contribution is 2.58. The Labute approximate surface area is 150 Å². The zero-order chi connectivity index (χ0) is 18.0. The van der Waals surface area contributed by atoms with Gasteiger partial charge in [0.05, 0.1) is 0 Å². The van der Waals surface area contributed by atoms with Crippen LogP contribution < -0.4 is 0 Å². The van der Waals surface area contributed by atoms with Crippen LogP contribution in [-0.2, 0) is 10.2 Å². The van der Waals surface area contributed by atoms with Gasteiger partial charge in [0.2, 0.25) is 0 Å². The van der Waals surface area contributed by atoms with E-state index in [-0.39, 0.29) is 17.1 Å². The van der Waals surface area contributed by atoms with Gasteiger partial charge in [-0.2, -0.15) is 0 Å². The van der Waals surface area contributed by atoms with Gasteiger partial charge in [-0.05, 0) is 57.7 Å². The van der Waals surface area contributed by atoms with Crippen LogP contribution in [0.4, 0.5) is 0 Å². The molecule has 25 heavy (non-hydrogen) atoms. The quantitative estimate of drug-likeness (QED) is 0.858. The average Bonchev–Trinajstić information content (AvgIpc) is 2.95. The summed E-state index contributed by atoms with van der Waals surface area (Å²) in [5.41, 5.74) is 4.37. The monoisotopic (exact) mass is 339 g/mol. The van der Waals surface area contributed by atoms with Crippen LogP contribution in [0.1, 0.15) is 51.2 Å². The number of Topliss-reactive ketones (excluding diaryl/α,β-unsaturated/α-hetero) is 1. The van der Waals surface area contributed by atoms with Crippen molar-refractivity contribution >= 4 is 5.78 Å². The summed E-state index contributed by atoms with van der Waals surface area (Å²) in [4.78, 5) is 14.7. The molecular formula is C22H29NO2. The number of carbonyl (C=O) groups excluding carboxylic acids is 1. The maximum absolute atomic E-state index is 12.3. The number of rotatable bonds is 3. The van der Waals surface area contributed by atoms with Gasteiger partial charge in [0, 0.05) is 23.9 Å². The highest BCUT2D eigenvalue weighted by molar-refractivity contribution is 5.86. The first kappa shape index (κ1) is 17.0. The summed E-state index contributed by atoms with van der Waals surface area (Å²) in [7, 11) is 0. The second kappa shape index (κ2) is 5.52. The maximum atomic E-state index is 12.3. The predicted molar refractivity (Wildman–Crippen MR) is 99.6 cm³/mol. The number of fused-ring (bicyclic) bond motifs is 1. The van der Waals surface area contributed by atoms with E-state index in [2.05, 4.69) is 49.9 Å². The van der Waals surface area contributed by atoms with Crippen molar-refractivity contribution in [1.82, 2.24) is 4.90 Å². The molecule has 1 aromatic carbocycles. The van der Waals surface area contributed by atoms with Crippen LogP contribution in [0.25, 0.3) is 0 Å². The molecule has 134 valence electrons. The number of hydrogen-bond donors (Lipinski definition) is 1. The molecule has 4 atom stereocenters. The lowest BCUT2D eigenvalue weighted by Gasteiger charge is -2.55. The van der Waals surface area contributed by atoms with Gasteiger partial charge in [0.25, 0.3) is 0 Å². The van der Waals surface area contributed by atoms with Crippen LogP contribution in [0.5, 0.6) is 0 Å². The van der Waals surface area contributed by atoms with Gasteiger partial charge in [-0.3, -0.25) is 9.69 Å². The number of hydrogen-bond acceptors (Lipinski definition) is 3. The molecule has 1 aromatic rings. The van der Waals surface area contributed by atoms with Gasteiger partial charge < -0.3 is 5.11 Å². The Bertz CT molecular complexity index is 767. The lowest BCUT2D eigenvalue weighted by molar-refractivity contribution is -0.150. The van der Waals surface area contributed by atoms with E-state index in [1.165, 1.54) is 22.3 Å². The van der Waals surface area contributed by atoms with Crippen LogP contribution >= 0.6 is 0 Å². The molecule has 0 spiro atoms. The summed E-state index contributed by atoms with van der Waals surface area (Å²) in [5.74, 6) is -0.113. The minimum atomic E-state index is -1.22. The fourth-order valence-electron chi connectivity index (χ4n) is 6.28. The SMILES string of the molecule is CCC1=C(C)C2CC3N(CCC13c1ccccc1C)C[C@@]2(O)C(C)=O. The lowest BCUT2D eigenvalue weighted by Crippen LogP contribution is -2.64. The maximum Gasteiger partial charge on any atom is 0.163 e. The summed E-state index contributed by atoms with van der Waals surface area (Å²) >= 11 is 0. The minimum Gasteiger partial charge on any atom is -0.380 e. The second-order valence-corrected chi connectivity index (χ2v) is 8.31. The number of piperidine rings is 1. The van der Waals surface area contributed by atoms with Crippen molar-refractivity contribution in [2.45, 2.75) is 64.0 Å². The average molecular weight is 339 g/mol. The summed E-state index contributed by atoms with van der Waals surface area (Å²) < 4.78 is 0. The van der Waals surface area contributed by atoms with Crippen molar-refractivity contribution in [1.29, 1.82) is 0 Å². The van der Waals surface area contributed by atoms with Gasteiger partial charge in [0.15, 0.2) is 5.78 Å². The van der Waals surface area contributed by atoms with E-state index in [4.69, 9.17) is 0 Å². The molecule has 3 heteroatoms.